The Balaban J connectivity index is 1.71. The van der Waals surface area contributed by atoms with Crippen LogP contribution in [0.5, 0.6) is 5.75 Å². The van der Waals surface area contributed by atoms with Gasteiger partial charge in [-0.1, -0.05) is 32.6 Å². The molecule has 3 rings (SSSR count). The fourth-order valence-corrected chi connectivity index (χ4v) is 4.08. The Hall–Kier alpha value is -2.00. The van der Waals surface area contributed by atoms with E-state index in [1.807, 2.05) is 24.3 Å². The quantitative estimate of drug-likeness (QED) is 0.112. The summed E-state index contributed by atoms with van der Waals surface area (Å²) in [5.41, 5.74) is 2.51. The van der Waals surface area contributed by atoms with E-state index < -0.39 is 0 Å². The zero-order valence-electron chi connectivity index (χ0n) is 16.6. The molecule has 0 aliphatic rings. The van der Waals surface area contributed by atoms with Gasteiger partial charge in [0.05, 0.1) is 30.4 Å². The van der Waals surface area contributed by atoms with Crippen LogP contribution in [0, 0.1) is 0 Å². The Kier molecular flexibility index (Phi) is 8.42. The summed E-state index contributed by atoms with van der Waals surface area (Å²) >= 11 is 2.43. The number of fused-ring (bicyclic) bond motifs is 1. The van der Waals surface area contributed by atoms with E-state index in [0.29, 0.717) is 5.75 Å². The molecule has 0 bridgehead atoms. The molecule has 2 aromatic carbocycles. The smallest absolute Gasteiger partial charge is 0.166 e. The van der Waals surface area contributed by atoms with Gasteiger partial charge in [-0.2, -0.15) is 8.71 Å². The molecular formula is C21H25N3O3S2. The van der Waals surface area contributed by atoms with Crippen molar-refractivity contribution >= 4 is 45.2 Å². The number of phenols is 1. The summed E-state index contributed by atoms with van der Waals surface area (Å²) in [6.45, 7) is 2.21. The van der Waals surface area contributed by atoms with Crippen LogP contribution in [0.4, 0.5) is 10.7 Å². The molecule has 29 heavy (non-hydrogen) atoms. The molecule has 0 aliphatic heterocycles. The number of aromatic nitrogens is 1. The predicted octanol–water partition coefficient (Wildman–Crippen LogP) is 7.52. The van der Waals surface area contributed by atoms with Crippen LogP contribution in [0.2, 0.25) is 0 Å². The Morgan fingerprint density at radius 3 is 2.76 bits per heavy atom. The largest absolute Gasteiger partial charge is 0.508 e. The van der Waals surface area contributed by atoms with Crippen molar-refractivity contribution in [2.75, 3.05) is 7.11 Å². The van der Waals surface area contributed by atoms with Crippen molar-refractivity contribution in [2.45, 2.75) is 50.3 Å². The van der Waals surface area contributed by atoms with Gasteiger partial charge in [0, 0.05) is 10.3 Å². The summed E-state index contributed by atoms with van der Waals surface area (Å²) in [6, 6.07) is 11.2. The molecule has 0 saturated heterocycles. The number of aromatic hydroxyl groups is 1. The molecule has 154 valence electrons. The van der Waals surface area contributed by atoms with Crippen LogP contribution in [0.3, 0.4) is 0 Å². The first kappa shape index (κ1) is 21.7. The van der Waals surface area contributed by atoms with Gasteiger partial charge in [-0.15, -0.1) is 10.2 Å². The highest BCUT2D eigenvalue weighted by Crippen LogP contribution is 2.35. The van der Waals surface area contributed by atoms with Crippen LogP contribution in [0.15, 0.2) is 51.5 Å². The van der Waals surface area contributed by atoms with Crippen molar-refractivity contribution in [1.29, 1.82) is 0 Å². The van der Waals surface area contributed by atoms with Crippen LogP contribution in [-0.4, -0.2) is 16.6 Å². The van der Waals surface area contributed by atoms with Crippen LogP contribution in [0.25, 0.3) is 10.9 Å². The molecule has 0 saturated carbocycles. The number of hydrogen-bond donors (Lipinski definition) is 1. The molecule has 0 radical (unpaired) electrons. The monoisotopic (exact) mass is 431 g/mol. The van der Waals surface area contributed by atoms with E-state index in [1.54, 1.807) is 12.1 Å². The van der Waals surface area contributed by atoms with Gasteiger partial charge in [0.25, 0.3) is 0 Å². The van der Waals surface area contributed by atoms with E-state index in [4.69, 9.17) is 4.33 Å². The molecule has 0 aliphatic carbocycles. The van der Waals surface area contributed by atoms with Crippen molar-refractivity contribution < 1.29 is 14.3 Å². The van der Waals surface area contributed by atoms with E-state index >= 15 is 0 Å². The fourth-order valence-electron chi connectivity index (χ4n) is 2.96. The van der Waals surface area contributed by atoms with Gasteiger partial charge in [-0.05, 0) is 66.3 Å². The lowest BCUT2D eigenvalue weighted by atomic mass is 10.0. The van der Waals surface area contributed by atoms with E-state index in [-0.39, 0.29) is 0 Å². The standard InChI is InChI=1S/C21H25N3O3S2/c1-3-4-5-6-7-8-15-13-16(9-12-20(15)25)22-23-21-18-14-17(29-27-26-2)10-11-19(18)24-28-21/h9-14,25H,3-8H2,1-2H3. The highest BCUT2D eigenvalue weighted by Gasteiger charge is 2.08. The summed E-state index contributed by atoms with van der Waals surface area (Å²) in [5.74, 6) is 0.322. The maximum absolute atomic E-state index is 10.1. The maximum atomic E-state index is 10.1. The summed E-state index contributed by atoms with van der Waals surface area (Å²) in [6.07, 6.45) is 6.83. The van der Waals surface area contributed by atoms with Crippen LogP contribution in [-0.2, 0) is 15.6 Å². The molecule has 0 unspecified atom stereocenters. The van der Waals surface area contributed by atoms with Gasteiger partial charge < -0.3 is 5.11 Å². The van der Waals surface area contributed by atoms with Gasteiger partial charge in [-0.25, -0.2) is 4.89 Å². The molecule has 0 atom stereocenters. The number of aryl methyl sites for hydroxylation is 1. The second-order valence-electron chi connectivity index (χ2n) is 6.66. The number of phenolic OH excluding ortho intramolecular Hbond substituents is 1. The van der Waals surface area contributed by atoms with Gasteiger partial charge >= 0.3 is 0 Å². The molecule has 3 aromatic rings. The van der Waals surface area contributed by atoms with Crippen molar-refractivity contribution in [3.8, 4) is 5.75 Å². The Morgan fingerprint density at radius 1 is 1.07 bits per heavy atom. The molecule has 0 spiro atoms. The number of unbranched alkanes of at least 4 members (excludes halogenated alkanes) is 4. The number of azo groups is 1. The first-order valence-corrected chi connectivity index (χ1v) is 11.2. The van der Waals surface area contributed by atoms with E-state index in [9.17, 15) is 5.11 Å². The minimum atomic E-state index is 0.322. The van der Waals surface area contributed by atoms with Gasteiger partial charge in [-0.3, -0.25) is 0 Å². The van der Waals surface area contributed by atoms with Gasteiger partial charge in [0.15, 0.2) is 5.00 Å². The molecule has 1 aromatic heterocycles. The Labute approximate surface area is 179 Å². The second kappa shape index (κ2) is 11.3. The summed E-state index contributed by atoms with van der Waals surface area (Å²) < 4.78 is 9.33. The summed E-state index contributed by atoms with van der Waals surface area (Å²) in [5, 5.41) is 20.5. The molecule has 8 heteroatoms. The second-order valence-corrected chi connectivity index (χ2v) is 8.19. The zero-order chi connectivity index (χ0) is 20.5. The van der Waals surface area contributed by atoms with Gasteiger partial charge in [0.2, 0.25) is 0 Å². The zero-order valence-corrected chi connectivity index (χ0v) is 18.3. The molecule has 6 nitrogen and oxygen atoms in total. The Bertz CT molecular complexity index is 959. The Morgan fingerprint density at radius 2 is 1.93 bits per heavy atom. The van der Waals surface area contributed by atoms with Crippen molar-refractivity contribution in [3.05, 3.63) is 42.0 Å². The van der Waals surface area contributed by atoms with Crippen LogP contribution < -0.4 is 0 Å². The number of rotatable bonds is 11. The average molecular weight is 432 g/mol. The van der Waals surface area contributed by atoms with Crippen LogP contribution in [0.1, 0.15) is 44.6 Å². The number of nitrogens with zero attached hydrogens (tertiary/aromatic N) is 3. The normalized spacial score (nSPS) is 11.7. The van der Waals surface area contributed by atoms with E-state index in [2.05, 4.69) is 26.4 Å². The fraction of sp³-hybridized carbons (Fsp3) is 0.381. The lowest BCUT2D eigenvalue weighted by Gasteiger charge is -2.05. The van der Waals surface area contributed by atoms with Gasteiger partial charge in [0.1, 0.15) is 5.75 Å². The summed E-state index contributed by atoms with van der Waals surface area (Å²) in [4.78, 5) is 5.52. The molecular weight excluding hydrogens is 406 g/mol. The topological polar surface area (TPSA) is 76.3 Å². The summed E-state index contributed by atoms with van der Waals surface area (Å²) in [7, 11) is 1.47. The highest BCUT2D eigenvalue weighted by molar-refractivity contribution is 7.94. The third-order valence-electron chi connectivity index (χ3n) is 4.50. The number of hydrogen-bond acceptors (Lipinski definition) is 8. The third-order valence-corrected chi connectivity index (χ3v) is 5.91. The minimum Gasteiger partial charge on any atom is -0.508 e. The van der Waals surface area contributed by atoms with Crippen LogP contribution >= 0.6 is 23.6 Å². The maximum Gasteiger partial charge on any atom is 0.166 e. The molecule has 0 amide bonds. The molecule has 1 heterocycles. The van der Waals surface area contributed by atoms with E-state index in [1.165, 1.54) is 44.3 Å². The van der Waals surface area contributed by atoms with E-state index in [0.717, 1.165) is 56.9 Å². The SMILES string of the molecule is CCCCCCCc1cc(N=Nc2snc3ccc(SOOC)cc23)ccc1O. The molecule has 0 fully saturated rings. The molecule has 1 N–H and O–H groups in total. The average Bonchev–Trinajstić information content (AvgIpc) is 3.14. The number of benzene rings is 2. The van der Waals surface area contributed by atoms with Crippen molar-refractivity contribution in [3.63, 3.8) is 0 Å². The first-order chi connectivity index (χ1) is 14.2. The first-order valence-electron chi connectivity index (χ1n) is 9.71. The van der Waals surface area contributed by atoms with Crippen molar-refractivity contribution in [1.82, 2.24) is 4.37 Å². The lowest BCUT2D eigenvalue weighted by Crippen LogP contribution is -1.87. The minimum absolute atomic E-state index is 0.322. The highest BCUT2D eigenvalue weighted by atomic mass is 32.2. The predicted molar refractivity (Wildman–Crippen MR) is 118 cm³/mol. The third kappa shape index (κ3) is 6.24. The van der Waals surface area contributed by atoms with Crippen molar-refractivity contribution in [2.24, 2.45) is 10.2 Å². The lowest BCUT2D eigenvalue weighted by molar-refractivity contribution is -0.160.